The summed E-state index contributed by atoms with van der Waals surface area (Å²) in [6.07, 6.45) is 5.72. The molecule has 0 bridgehead atoms. The zero-order valence-corrected chi connectivity index (χ0v) is 18.8. The minimum atomic E-state index is -0.754. The van der Waals surface area contributed by atoms with E-state index in [1.807, 2.05) is 18.2 Å². The van der Waals surface area contributed by atoms with Gasteiger partial charge >= 0.3 is 5.97 Å². The lowest BCUT2D eigenvalue weighted by molar-refractivity contribution is -0.157. The molecule has 0 heterocycles. The molecule has 0 unspecified atom stereocenters. The van der Waals surface area contributed by atoms with Crippen molar-refractivity contribution in [3.8, 4) is 0 Å². The molecule has 0 radical (unpaired) electrons. The van der Waals surface area contributed by atoms with E-state index in [2.05, 4.69) is 72.8 Å². The molecule has 1 aliphatic carbocycles. The van der Waals surface area contributed by atoms with Crippen molar-refractivity contribution >= 4 is 5.97 Å². The third-order valence-electron chi connectivity index (χ3n) is 6.87. The van der Waals surface area contributed by atoms with Gasteiger partial charge in [-0.3, -0.25) is 4.79 Å². The van der Waals surface area contributed by atoms with E-state index < -0.39 is 11.0 Å². The molecule has 32 heavy (non-hydrogen) atoms. The number of methoxy groups -OCH3 is 1. The summed E-state index contributed by atoms with van der Waals surface area (Å²) in [4.78, 5) is 12.8. The van der Waals surface area contributed by atoms with Crippen molar-refractivity contribution in [3.05, 3.63) is 108 Å². The summed E-state index contributed by atoms with van der Waals surface area (Å²) in [7, 11) is 1.50. The van der Waals surface area contributed by atoms with E-state index in [4.69, 9.17) is 9.47 Å². The van der Waals surface area contributed by atoms with Crippen molar-refractivity contribution in [2.45, 2.75) is 44.1 Å². The average molecular weight is 429 g/mol. The predicted octanol–water partition coefficient (Wildman–Crippen LogP) is 6.51. The molecule has 0 spiro atoms. The van der Waals surface area contributed by atoms with Crippen molar-refractivity contribution in [2.75, 3.05) is 13.7 Å². The molecule has 0 aliphatic heterocycles. The topological polar surface area (TPSA) is 35.5 Å². The molecule has 0 atom stereocenters. The van der Waals surface area contributed by atoms with Crippen molar-refractivity contribution in [1.82, 2.24) is 0 Å². The molecule has 4 rings (SSSR count). The van der Waals surface area contributed by atoms with Gasteiger partial charge in [0.05, 0.1) is 12.5 Å². The van der Waals surface area contributed by atoms with Crippen LogP contribution in [0.1, 0.15) is 55.2 Å². The Morgan fingerprint density at radius 1 is 0.750 bits per heavy atom. The number of hydrogen-bond acceptors (Lipinski definition) is 3. The van der Waals surface area contributed by atoms with Gasteiger partial charge in [0, 0.05) is 6.61 Å². The van der Waals surface area contributed by atoms with Crippen LogP contribution in [0, 0.1) is 5.41 Å². The van der Waals surface area contributed by atoms with E-state index in [0.29, 0.717) is 13.0 Å². The second-order valence-electron chi connectivity index (χ2n) is 8.71. The Hall–Kier alpha value is -2.91. The van der Waals surface area contributed by atoms with E-state index in [1.165, 1.54) is 13.5 Å². The standard InChI is InChI=1S/C29H32O3/c1-31-27(30)28(20-12-5-13-21-28)22-23-32-29(24-14-6-2-7-15-24,25-16-8-3-9-17-25)26-18-10-4-11-19-26/h2-4,6-11,14-19H,5,12-13,20-23H2,1H3. The van der Waals surface area contributed by atoms with Crippen molar-refractivity contribution < 1.29 is 14.3 Å². The first kappa shape index (κ1) is 22.3. The summed E-state index contributed by atoms with van der Waals surface area (Å²) < 4.78 is 12.1. The molecule has 0 N–H and O–H groups in total. The third-order valence-corrected chi connectivity index (χ3v) is 6.87. The first-order chi connectivity index (χ1) is 15.7. The molecule has 0 amide bonds. The predicted molar refractivity (Wildman–Crippen MR) is 127 cm³/mol. The van der Waals surface area contributed by atoms with Crippen LogP contribution in [-0.4, -0.2) is 19.7 Å². The van der Waals surface area contributed by atoms with Crippen molar-refractivity contribution in [1.29, 1.82) is 0 Å². The molecular formula is C29H32O3. The van der Waals surface area contributed by atoms with Gasteiger partial charge in [0.25, 0.3) is 0 Å². The highest BCUT2D eigenvalue weighted by atomic mass is 16.5. The molecule has 3 nitrogen and oxygen atoms in total. The van der Waals surface area contributed by atoms with Crippen LogP contribution in [-0.2, 0) is 19.9 Å². The van der Waals surface area contributed by atoms with Crippen LogP contribution in [0.15, 0.2) is 91.0 Å². The maximum atomic E-state index is 12.8. The lowest BCUT2D eigenvalue weighted by Gasteiger charge is -2.39. The Labute approximate surface area is 191 Å². The summed E-state index contributed by atoms with van der Waals surface area (Å²) in [5.74, 6) is -0.0921. The molecule has 0 saturated heterocycles. The normalized spacial score (nSPS) is 15.8. The fraction of sp³-hybridized carbons (Fsp3) is 0.345. The van der Waals surface area contributed by atoms with Gasteiger partial charge in [-0.05, 0) is 36.0 Å². The number of esters is 1. The van der Waals surface area contributed by atoms with E-state index in [-0.39, 0.29) is 5.97 Å². The lowest BCUT2D eigenvalue weighted by atomic mass is 9.72. The van der Waals surface area contributed by atoms with E-state index >= 15 is 0 Å². The van der Waals surface area contributed by atoms with Crippen LogP contribution in [0.5, 0.6) is 0 Å². The van der Waals surface area contributed by atoms with Gasteiger partial charge in [0.1, 0.15) is 5.60 Å². The fourth-order valence-corrected chi connectivity index (χ4v) is 5.17. The lowest BCUT2D eigenvalue weighted by Crippen LogP contribution is -2.38. The summed E-state index contributed by atoms with van der Waals surface area (Å²) in [5, 5.41) is 0. The molecule has 3 aromatic rings. The van der Waals surface area contributed by atoms with Crippen molar-refractivity contribution in [3.63, 3.8) is 0 Å². The highest BCUT2D eigenvalue weighted by molar-refractivity contribution is 5.76. The maximum Gasteiger partial charge on any atom is 0.311 e. The molecule has 1 aliphatic rings. The summed E-state index contributed by atoms with van der Waals surface area (Å²) in [5.41, 5.74) is 2.04. The molecular weight excluding hydrogens is 396 g/mol. The van der Waals surface area contributed by atoms with Gasteiger partial charge in [-0.15, -0.1) is 0 Å². The highest BCUT2D eigenvalue weighted by Gasteiger charge is 2.42. The average Bonchev–Trinajstić information content (AvgIpc) is 2.88. The first-order valence-electron chi connectivity index (χ1n) is 11.6. The van der Waals surface area contributed by atoms with E-state index in [9.17, 15) is 4.79 Å². The Kier molecular flexibility index (Phi) is 7.06. The van der Waals surface area contributed by atoms with Crippen LogP contribution in [0.3, 0.4) is 0 Å². The van der Waals surface area contributed by atoms with Gasteiger partial charge in [0.15, 0.2) is 0 Å². The van der Waals surface area contributed by atoms with Crippen LogP contribution in [0.25, 0.3) is 0 Å². The van der Waals surface area contributed by atoms with Crippen LogP contribution in [0.2, 0.25) is 0 Å². The zero-order valence-electron chi connectivity index (χ0n) is 18.8. The van der Waals surface area contributed by atoms with E-state index in [0.717, 1.165) is 42.4 Å². The number of rotatable bonds is 8. The largest absolute Gasteiger partial charge is 0.469 e. The van der Waals surface area contributed by atoms with Gasteiger partial charge in [0.2, 0.25) is 0 Å². The van der Waals surface area contributed by atoms with Gasteiger partial charge < -0.3 is 9.47 Å². The molecule has 0 aromatic heterocycles. The minimum absolute atomic E-state index is 0.0921. The van der Waals surface area contributed by atoms with E-state index in [1.54, 1.807) is 0 Å². The molecule has 1 fully saturated rings. The van der Waals surface area contributed by atoms with Crippen molar-refractivity contribution in [2.24, 2.45) is 5.41 Å². The SMILES string of the molecule is COC(=O)C1(CCOC(c2ccccc2)(c2ccccc2)c2ccccc2)CCCCC1. The van der Waals surface area contributed by atoms with Gasteiger partial charge in [-0.2, -0.15) is 0 Å². The third kappa shape index (κ3) is 4.35. The summed E-state index contributed by atoms with van der Waals surface area (Å²) in [6, 6.07) is 31.1. The van der Waals surface area contributed by atoms with Crippen LogP contribution >= 0.6 is 0 Å². The highest BCUT2D eigenvalue weighted by Crippen LogP contribution is 2.44. The molecule has 166 valence electrons. The second kappa shape index (κ2) is 10.1. The molecule has 3 heteroatoms. The summed E-state index contributed by atoms with van der Waals surface area (Å²) in [6.45, 7) is 0.466. The fourth-order valence-electron chi connectivity index (χ4n) is 5.17. The minimum Gasteiger partial charge on any atom is -0.469 e. The Morgan fingerprint density at radius 2 is 1.19 bits per heavy atom. The Bertz CT molecular complexity index is 880. The summed E-state index contributed by atoms with van der Waals surface area (Å²) >= 11 is 0. The Morgan fingerprint density at radius 3 is 1.59 bits per heavy atom. The number of hydrogen-bond donors (Lipinski definition) is 0. The quantitative estimate of drug-likeness (QED) is 0.303. The first-order valence-corrected chi connectivity index (χ1v) is 11.6. The number of benzene rings is 3. The van der Waals surface area contributed by atoms with Gasteiger partial charge in [-0.25, -0.2) is 0 Å². The monoisotopic (exact) mass is 428 g/mol. The number of carbonyl (C=O) groups excluding carboxylic acids is 1. The molecule has 1 saturated carbocycles. The van der Waals surface area contributed by atoms with Gasteiger partial charge in [-0.1, -0.05) is 110 Å². The number of ether oxygens (including phenoxy) is 2. The number of carbonyl (C=O) groups is 1. The maximum absolute atomic E-state index is 12.8. The smallest absolute Gasteiger partial charge is 0.311 e. The van der Waals surface area contributed by atoms with Crippen LogP contribution in [0.4, 0.5) is 0 Å². The molecule has 3 aromatic carbocycles. The second-order valence-corrected chi connectivity index (χ2v) is 8.71. The Balaban J connectivity index is 1.74. The zero-order chi connectivity index (χ0) is 22.3. The van der Waals surface area contributed by atoms with Crippen LogP contribution < -0.4 is 0 Å².